The van der Waals surface area contributed by atoms with Crippen LogP contribution in [0.4, 0.5) is 0 Å². The summed E-state index contributed by atoms with van der Waals surface area (Å²) in [6.07, 6.45) is 0.558. The van der Waals surface area contributed by atoms with Gasteiger partial charge in [0.1, 0.15) is 0 Å². The highest BCUT2D eigenvalue weighted by atomic mass is 16.4. The van der Waals surface area contributed by atoms with E-state index in [1.54, 1.807) is 6.92 Å². The Hall–Kier alpha value is -2.21. The molecule has 3 rings (SSSR count). The molecule has 25 heavy (non-hydrogen) atoms. The normalized spacial score (nSPS) is 18.1. The topological polar surface area (TPSA) is 62.5 Å². The van der Waals surface area contributed by atoms with E-state index in [9.17, 15) is 4.79 Å². The number of rotatable bonds is 5. The summed E-state index contributed by atoms with van der Waals surface area (Å²) in [6.45, 7) is 9.14. The van der Waals surface area contributed by atoms with Crippen molar-refractivity contribution in [1.82, 2.24) is 20.0 Å². The third kappa shape index (κ3) is 4.25. The zero-order valence-electron chi connectivity index (χ0n) is 15.2. The Balaban J connectivity index is 1.51. The maximum atomic E-state index is 12.6. The highest BCUT2D eigenvalue weighted by molar-refractivity contribution is 5.77. The third-order valence-electron chi connectivity index (χ3n) is 4.96. The predicted molar refractivity (Wildman–Crippen MR) is 95.1 cm³/mol. The summed E-state index contributed by atoms with van der Waals surface area (Å²) in [7, 11) is 0. The molecule has 1 amide bonds. The van der Waals surface area contributed by atoms with E-state index in [0.717, 1.165) is 26.2 Å². The summed E-state index contributed by atoms with van der Waals surface area (Å²) in [4.78, 5) is 16.9. The lowest BCUT2D eigenvalue weighted by Gasteiger charge is -2.37. The van der Waals surface area contributed by atoms with Crippen LogP contribution in [-0.4, -0.2) is 52.1 Å². The molecule has 0 unspecified atom stereocenters. The second kappa shape index (κ2) is 7.78. The first-order valence-electron chi connectivity index (χ1n) is 8.91. The van der Waals surface area contributed by atoms with Gasteiger partial charge in [-0.2, -0.15) is 0 Å². The molecule has 1 aromatic heterocycles. The molecule has 0 bridgehead atoms. The quantitative estimate of drug-likeness (QED) is 0.836. The molecule has 2 aromatic rings. The predicted octanol–water partition coefficient (Wildman–Crippen LogP) is 2.78. The van der Waals surface area contributed by atoms with Crippen molar-refractivity contribution in [2.75, 3.05) is 26.2 Å². The van der Waals surface area contributed by atoms with E-state index in [0.29, 0.717) is 18.2 Å². The van der Waals surface area contributed by atoms with Gasteiger partial charge in [0, 0.05) is 39.5 Å². The monoisotopic (exact) mass is 342 g/mol. The molecular formula is C19H26N4O2. The zero-order valence-corrected chi connectivity index (χ0v) is 15.2. The van der Waals surface area contributed by atoms with Crippen LogP contribution in [0.5, 0.6) is 0 Å². The van der Waals surface area contributed by atoms with Crippen molar-refractivity contribution in [3.63, 3.8) is 0 Å². The van der Waals surface area contributed by atoms with Gasteiger partial charge in [-0.05, 0) is 18.4 Å². The lowest BCUT2D eigenvalue weighted by molar-refractivity contribution is -0.133. The van der Waals surface area contributed by atoms with Gasteiger partial charge >= 0.3 is 0 Å². The molecule has 1 aliphatic rings. The Morgan fingerprint density at radius 1 is 1.12 bits per heavy atom. The number of hydrogen-bond acceptors (Lipinski definition) is 5. The number of aryl methyl sites for hydroxylation is 1. The van der Waals surface area contributed by atoms with Crippen LogP contribution in [0.3, 0.4) is 0 Å². The van der Waals surface area contributed by atoms with Crippen molar-refractivity contribution in [3.8, 4) is 0 Å². The Kier molecular flexibility index (Phi) is 5.48. The van der Waals surface area contributed by atoms with E-state index >= 15 is 0 Å². The van der Waals surface area contributed by atoms with E-state index in [1.807, 2.05) is 23.1 Å². The second-order valence-electron chi connectivity index (χ2n) is 6.77. The minimum atomic E-state index is 0.0849. The summed E-state index contributed by atoms with van der Waals surface area (Å²) in [5.41, 5.74) is 1.22. The maximum absolute atomic E-state index is 12.6. The van der Waals surface area contributed by atoms with Crippen LogP contribution in [0.1, 0.15) is 49.6 Å². The van der Waals surface area contributed by atoms with E-state index in [-0.39, 0.29) is 17.9 Å². The van der Waals surface area contributed by atoms with Gasteiger partial charge in [-0.1, -0.05) is 37.3 Å². The third-order valence-corrected chi connectivity index (χ3v) is 4.96. The van der Waals surface area contributed by atoms with Crippen molar-refractivity contribution in [3.05, 3.63) is 47.7 Å². The van der Waals surface area contributed by atoms with Gasteiger partial charge in [-0.25, -0.2) is 0 Å². The molecule has 2 heterocycles. The first-order chi connectivity index (χ1) is 12.0. The smallest absolute Gasteiger partial charge is 0.233 e. The summed E-state index contributed by atoms with van der Waals surface area (Å²) >= 11 is 0. The van der Waals surface area contributed by atoms with Crippen molar-refractivity contribution in [2.45, 2.75) is 39.2 Å². The van der Waals surface area contributed by atoms with Gasteiger partial charge in [0.05, 0.1) is 6.04 Å². The van der Waals surface area contributed by atoms with Gasteiger partial charge in [-0.3, -0.25) is 9.69 Å². The Morgan fingerprint density at radius 2 is 1.80 bits per heavy atom. The molecule has 0 saturated carbocycles. The van der Waals surface area contributed by atoms with Gasteiger partial charge in [-0.15, -0.1) is 10.2 Å². The lowest BCUT2D eigenvalue weighted by atomic mass is 9.97. The number of carbonyl (C=O) groups is 1. The number of benzene rings is 1. The number of piperazine rings is 1. The van der Waals surface area contributed by atoms with E-state index in [1.165, 1.54) is 5.56 Å². The molecule has 6 nitrogen and oxygen atoms in total. The van der Waals surface area contributed by atoms with Crippen LogP contribution in [0, 0.1) is 6.92 Å². The van der Waals surface area contributed by atoms with Crippen LogP contribution in [0.15, 0.2) is 34.7 Å². The molecule has 1 aliphatic heterocycles. The molecule has 6 heteroatoms. The first kappa shape index (κ1) is 17.6. The fraction of sp³-hybridized carbons (Fsp3) is 0.526. The van der Waals surface area contributed by atoms with Crippen LogP contribution >= 0.6 is 0 Å². The fourth-order valence-electron chi connectivity index (χ4n) is 3.29. The fourth-order valence-corrected chi connectivity index (χ4v) is 3.29. The molecule has 134 valence electrons. The average Bonchev–Trinajstić information content (AvgIpc) is 3.08. The van der Waals surface area contributed by atoms with Crippen LogP contribution in [-0.2, 0) is 4.79 Å². The standard InChI is InChI=1S/C19H26N4O2/c1-14(17-7-5-4-6-8-17)13-18(24)23-11-9-22(10-12-23)15(2)19-21-20-16(3)25-19/h4-8,14-15H,9-13H2,1-3H3/t14-,15-/m0/s1. The molecular weight excluding hydrogens is 316 g/mol. The van der Waals surface area contributed by atoms with E-state index in [4.69, 9.17) is 4.42 Å². The van der Waals surface area contributed by atoms with Crippen LogP contribution in [0.2, 0.25) is 0 Å². The molecule has 0 N–H and O–H groups in total. The minimum Gasteiger partial charge on any atom is -0.424 e. The molecule has 2 atom stereocenters. The van der Waals surface area contributed by atoms with Crippen molar-refractivity contribution >= 4 is 5.91 Å². The number of aromatic nitrogens is 2. The summed E-state index contributed by atoms with van der Waals surface area (Å²) in [5, 5.41) is 8.01. The molecule has 0 radical (unpaired) electrons. The zero-order chi connectivity index (χ0) is 17.8. The first-order valence-corrected chi connectivity index (χ1v) is 8.91. The van der Waals surface area contributed by atoms with Crippen LogP contribution in [0.25, 0.3) is 0 Å². The van der Waals surface area contributed by atoms with Crippen molar-refractivity contribution in [1.29, 1.82) is 0 Å². The molecule has 1 aromatic carbocycles. The highest BCUT2D eigenvalue weighted by Gasteiger charge is 2.27. The largest absolute Gasteiger partial charge is 0.424 e. The van der Waals surface area contributed by atoms with Crippen molar-refractivity contribution in [2.24, 2.45) is 0 Å². The summed E-state index contributed by atoms with van der Waals surface area (Å²) in [6, 6.07) is 10.3. The summed E-state index contributed by atoms with van der Waals surface area (Å²) in [5.74, 6) is 1.71. The summed E-state index contributed by atoms with van der Waals surface area (Å²) < 4.78 is 5.53. The van der Waals surface area contributed by atoms with Gasteiger partial charge < -0.3 is 9.32 Å². The molecule has 0 aliphatic carbocycles. The molecule has 0 spiro atoms. The SMILES string of the molecule is Cc1nnc([C@H](C)N2CCN(C(=O)C[C@H](C)c3ccccc3)CC2)o1. The Bertz CT molecular complexity index is 692. The van der Waals surface area contributed by atoms with Gasteiger partial charge in [0.25, 0.3) is 0 Å². The number of amides is 1. The van der Waals surface area contributed by atoms with Gasteiger partial charge in [0.15, 0.2) is 0 Å². The Labute approximate surface area is 148 Å². The highest BCUT2D eigenvalue weighted by Crippen LogP contribution is 2.23. The van der Waals surface area contributed by atoms with E-state index < -0.39 is 0 Å². The minimum absolute atomic E-state index is 0.0849. The van der Waals surface area contributed by atoms with Crippen molar-refractivity contribution < 1.29 is 9.21 Å². The molecule has 1 fully saturated rings. The van der Waals surface area contributed by atoms with Crippen LogP contribution < -0.4 is 0 Å². The second-order valence-corrected chi connectivity index (χ2v) is 6.77. The number of carbonyl (C=O) groups excluding carboxylic acids is 1. The Morgan fingerprint density at radius 3 is 2.40 bits per heavy atom. The maximum Gasteiger partial charge on any atom is 0.233 e. The lowest BCUT2D eigenvalue weighted by Crippen LogP contribution is -2.49. The van der Waals surface area contributed by atoms with Gasteiger partial charge in [0.2, 0.25) is 17.7 Å². The van der Waals surface area contributed by atoms with E-state index in [2.05, 4.69) is 41.1 Å². The average molecular weight is 342 g/mol. The number of nitrogens with zero attached hydrogens (tertiary/aromatic N) is 4. The number of hydrogen-bond donors (Lipinski definition) is 0. The molecule has 1 saturated heterocycles.